The van der Waals surface area contributed by atoms with Crippen molar-refractivity contribution in [2.75, 3.05) is 0 Å². The zero-order valence-corrected chi connectivity index (χ0v) is 17.7. The molecular weight excluding hydrogens is 400 g/mol. The van der Waals surface area contributed by atoms with Crippen molar-refractivity contribution in [1.82, 2.24) is 10.6 Å². The Labute approximate surface area is 180 Å². The smallest absolute Gasteiger partial charge is 0.330 e. The first-order chi connectivity index (χ1) is 14.3. The average molecular weight is 425 g/mol. The van der Waals surface area contributed by atoms with Gasteiger partial charge in [0.15, 0.2) is 0 Å². The third kappa shape index (κ3) is 5.73. The van der Waals surface area contributed by atoms with E-state index >= 15 is 0 Å². The molecule has 2 N–H and O–H groups in total. The van der Waals surface area contributed by atoms with Gasteiger partial charge in [-0.2, -0.15) is 0 Å². The van der Waals surface area contributed by atoms with Crippen LogP contribution in [-0.2, 0) is 32.1 Å². The first-order valence-electron chi connectivity index (χ1n) is 9.59. The van der Waals surface area contributed by atoms with Crippen LogP contribution in [-0.4, -0.2) is 27.8 Å². The Kier molecular flexibility index (Phi) is 6.95. The van der Waals surface area contributed by atoms with Crippen LogP contribution in [0.5, 0.6) is 0 Å². The highest BCUT2D eigenvalue weighted by molar-refractivity contribution is 8.15. The molecule has 1 aliphatic heterocycles. The van der Waals surface area contributed by atoms with Crippen molar-refractivity contribution in [1.29, 1.82) is 0 Å². The van der Waals surface area contributed by atoms with Crippen molar-refractivity contribution in [3.8, 4) is 0 Å². The van der Waals surface area contributed by atoms with Crippen molar-refractivity contribution < 1.29 is 19.1 Å². The largest absolute Gasteiger partial charge is 0.459 e. The number of ether oxygens (including phenoxy) is 1. The van der Waals surface area contributed by atoms with Gasteiger partial charge < -0.3 is 15.4 Å². The summed E-state index contributed by atoms with van der Waals surface area (Å²) in [6, 6.07) is 17.9. The molecule has 7 heteroatoms. The molecule has 3 rings (SSSR count). The Morgan fingerprint density at radius 1 is 1.03 bits per heavy atom. The number of nitrogens with one attached hydrogen (secondary N) is 2. The highest BCUT2D eigenvalue weighted by Crippen LogP contribution is 2.33. The third-order valence-electron chi connectivity index (χ3n) is 4.61. The van der Waals surface area contributed by atoms with Crippen molar-refractivity contribution in [3.05, 3.63) is 83.7 Å². The van der Waals surface area contributed by atoms with E-state index in [0.717, 1.165) is 22.9 Å². The van der Waals surface area contributed by atoms with Crippen molar-refractivity contribution >= 4 is 28.8 Å². The zero-order chi connectivity index (χ0) is 21.6. The van der Waals surface area contributed by atoms with E-state index in [1.165, 1.54) is 6.20 Å². The van der Waals surface area contributed by atoms with E-state index in [1.807, 2.05) is 60.7 Å². The SMILES string of the molecule is CC1(C)SC(=O)C(NC(=O)Cc2ccccc2)=CN[C@@H]1C(=O)OCc1ccccc1. The Balaban J connectivity index is 1.65. The van der Waals surface area contributed by atoms with E-state index < -0.39 is 16.8 Å². The fraction of sp³-hybridized carbons (Fsp3) is 0.261. The van der Waals surface area contributed by atoms with Gasteiger partial charge in [-0.25, -0.2) is 4.79 Å². The number of hydrogen-bond donors (Lipinski definition) is 2. The van der Waals surface area contributed by atoms with Crippen LogP contribution in [0.4, 0.5) is 0 Å². The van der Waals surface area contributed by atoms with Gasteiger partial charge in [0.1, 0.15) is 18.3 Å². The number of rotatable bonds is 6. The van der Waals surface area contributed by atoms with Gasteiger partial charge in [-0.3, -0.25) is 9.59 Å². The van der Waals surface area contributed by atoms with Gasteiger partial charge in [-0.15, -0.1) is 0 Å². The first kappa shape index (κ1) is 21.6. The lowest BCUT2D eigenvalue weighted by atomic mass is 10.0. The number of amides is 1. The molecule has 2 aromatic carbocycles. The summed E-state index contributed by atoms with van der Waals surface area (Å²) in [6.07, 6.45) is 1.55. The van der Waals surface area contributed by atoms with E-state index in [0.29, 0.717) is 0 Å². The highest BCUT2D eigenvalue weighted by Gasteiger charge is 2.41. The van der Waals surface area contributed by atoms with Crippen LogP contribution < -0.4 is 10.6 Å². The molecule has 0 fully saturated rings. The Morgan fingerprint density at radius 3 is 2.27 bits per heavy atom. The minimum atomic E-state index is -0.771. The minimum absolute atomic E-state index is 0.118. The maximum Gasteiger partial charge on any atom is 0.330 e. The summed E-state index contributed by atoms with van der Waals surface area (Å²) in [4.78, 5) is 37.7. The molecule has 0 bridgehead atoms. The fourth-order valence-corrected chi connectivity index (χ4v) is 3.99. The lowest BCUT2D eigenvalue weighted by molar-refractivity contribution is -0.147. The minimum Gasteiger partial charge on any atom is -0.459 e. The standard InChI is InChI=1S/C23H24N2O4S/c1-23(2)20(21(27)29-15-17-11-7-4-8-12-17)24-14-18(22(28)30-23)25-19(26)13-16-9-5-3-6-10-16/h3-12,14,20,24H,13,15H2,1-2H3,(H,25,26)/t20-/m1/s1. The molecule has 0 saturated carbocycles. The molecule has 0 unspecified atom stereocenters. The van der Waals surface area contributed by atoms with Gasteiger partial charge in [0.2, 0.25) is 11.0 Å². The molecule has 0 radical (unpaired) electrons. The predicted octanol–water partition coefficient (Wildman–Crippen LogP) is 2.94. The van der Waals surface area contributed by atoms with E-state index in [4.69, 9.17) is 4.74 Å². The third-order valence-corrected chi connectivity index (χ3v) is 5.77. The van der Waals surface area contributed by atoms with E-state index in [2.05, 4.69) is 10.6 Å². The van der Waals surface area contributed by atoms with Gasteiger partial charge in [0.05, 0.1) is 6.42 Å². The summed E-state index contributed by atoms with van der Waals surface area (Å²) in [5, 5.41) is 5.30. The van der Waals surface area contributed by atoms with Gasteiger partial charge in [0.25, 0.3) is 0 Å². The molecule has 6 nitrogen and oxygen atoms in total. The van der Waals surface area contributed by atoms with Crippen LogP contribution >= 0.6 is 11.8 Å². The van der Waals surface area contributed by atoms with Gasteiger partial charge in [-0.1, -0.05) is 72.4 Å². The van der Waals surface area contributed by atoms with Crippen LogP contribution in [0.15, 0.2) is 72.6 Å². The molecule has 0 aliphatic carbocycles. The van der Waals surface area contributed by atoms with Crippen LogP contribution in [0.2, 0.25) is 0 Å². The van der Waals surface area contributed by atoms with Crippen LogP contribution in [0.1, 0.15) is 25.0 Å². The second-order valence-corrected chi connectivity index (χ2v) is 9.08. The van der Waals surface area contributed by atoms with Crippen molar-refractivity contribution in [2.24, 2.45) is 0 Å². The number of benzene rings is 2. The second kappa shape index (κ2) is 9.63. The molecule has 1 amide bonds. The van der Waals surface area contributed by atoms with Crippen molar-refractivity contribution in [2.45, 2.75) is 37.7 Å². The maximum absolute atomic E-state index is 12.7. The van der Waals surface area contributed by atoms with Gasteiger partial charge in [-0.05, 0) is 25.0 Å². The summed E-state index contributed by atoms with van der Waals surface area (Å²) < 4.78 is 4.68. The number of thioether (sulfide) groups is 1. The van der Waals surface area contributed by atoms with Crippen LogP contribution in [0, 0.1) is 0 Å². The fourth-order valence-electron chi connectivity index (χ4n) is 3.01. The second-order valence-electron chi connectivity index (χ2n) is 7.45. The topological polar surface area (TPSA) is 84.5 Å². The molecule has 30 heavy (non-hydrogen) atoms. The summed E-state index contributed by atoms with van der Waals surface area (Å²) in [5.74, 6) is -0.761. The maximum atomic E-state index is 12.7. The monoisotopic (exact) mass is 424 g/mol. The zero-order valence-electron chi connectivity index (χ0n) is 16.9. The number of carbonyl (C=O) groups excluding carboxylic acids is 3. The van der Waals surface area contributed by atoms with E-state index in [-0.39, 0.29) is 29.7 Å². The van der Waals surface area contributed by atoms with Crippen LogP contribution in [0.3, 0.4) is 0 Å². The Hall–Kier alpha value is -3.06. The van der Waals surface area contributed by atoms with E-state index in [9.17, 15) is 14.4 Å². The molecule has 156 valence electrons. The first-order valence-corrected chi connectivity index (χ1v) is 10.4. The lowest BCUT2D eigenvalue weighted by Gasteiger charge is -2.29. The normalized spacial score (nSPS) is 17.9. The Bertz CT molecular complexity index is 942. The summed E-state index contributed by atoms with van der Waals surface area (Å²) >= 11 is 0.994. The average Bonchev–Trinajstić information content (AvgIpc) is 2.83. The van der Waals surface area contributed by atoms with E-state index in [1.54, 1.807) is 13.8 Å². The number of hydrogen-bond acceptors (Lipinski definition) is 6. The molecular formula is C23H24N2O4S. The molecule has 2 aromatic rings. The summed E-state index contributed by atoms with van der Waals surface area (Å²) in [6.45, 7) is 3.73. The summed E-state index contributed by atoms with van der Waals surface area (Å²) in [7, 11) is 0. The molecule has 1 heterocycles. The van der Waals surface area contributed by atoms with Crippen molar-refractivity contribution in [3.63, 3.8) is 0 Å². The number of esters is 1. The molecule has 0 saturated heterocycles. The van der Waals surface area contributed by atoms with Gasteiger partial charge >= 0.3 is 5.97 Å². The molecule has 0 aromatic heterocycles. The number of carbonyl (C=O) groups is 3. The molecule has 0 spiro atoms. The predicted molar refractivity (Wildman–Crippen MR) is 116 cm³/mol. The van der Waals surface area contributed by atoms with Crippen LogP contribution in [0.25, 0.3) is 0 Å². The summed E-state index contributed by atoms with van der Waals surface area (Å²) in [5.41, 5.74) is 1.85. The molecule has 1 aliphatic rings. The molecule has 1 atom stereocenters. The highest BCUT2D eigenvalue weighted by atomic mass is 32.2. The lowest BCUT2D eigenvalue weighted by Crippen LogP contribution is -2.48. The Morgan fingerprint density at radius 2 is 1.63 bits per heavy atom. The quantitative estimate of drug-likeness (QED) is 0.694. The van der Waals surface area contributed by atoms with Gasteiger partial charge in [0, 0.05) is 10.9 Å².